The number of sulfone groups is 1. The summed E-state index contributed by atoms with van der Waals surface area (Å²) in [5.41, 5.74) is 3.94. The van der Waals surface area contributed by atoms with Gasteiger partial charge in [-0.15, -0.1) is 12.4 Å². The van der Waals surface area contributed by atoms with E-state index in [0.29, 0.717) is 13.1 Å². The minimum atomic E-state index is -3.32. The van der Waals surface area contributed by atoms with E-state index in [1.54, 1.807) is 18.2 Å². The summed E-state index contributed by atoms with van der Waals surface area (Å²) in [6.45, 7) is 5.38. The van der Waals surface area contributed by atoms with Crippen molar-refractivity contribution in [3.05, 3.63) is 64.7 Å². The zero-order valence-electron chi connectivity index (χ0n) is 15.7. The van der Waals surface area contributed by atoms with Gasteiger partial charge in [-0.2, -0.15) is 0 Å². The molecule has 0 aromatic heterocycles. The smallest absolute Gasteiger partial charge is 0.226 e. The molecule has 1 aliphatic heterocycles. The summed E-state index contributed by atoms with van der Waals surface area (Å²) in [5.74, 6) is -0.0557. The van der Waals surface area contributed by atoms with E-state index in [9.17, 15) is 13.2 Å². The predicted molar refractivity (Wildman–Crippen MR) is 109 cm³/mol. The molecule has 0 spiro atoms. The molecule has 1 unspecified atom stereocenters. The molecule has 27 heavy (non-hydrogen) atoms. The number of hydrogen-bond acceptors (Lipinski definition) is 4. The molecule has 146 valence electrons. The summed E-state index contributed by atoms with van der Waals surface area (Å²) in [7, 11) is -3.32. The van der Waals surface area contributed by atoms with Crippen LogP contribution < -0.4 is 10.6 Å². The number of benzene rings is 2. The number of nitrogens with one attached hydrogen (secondary N) is 2. The van der Waals surface area contributed by atoms with Crippen LogP contribution in [-0.2, 0) is 14.6 Å². The lowest BCUT2D eigenvalue weighted by atomic mass is 9.92. The van der Waals surface area contributed by atoms with Gasteiger partial charge in [-0.05, 0) is 42.7 Å². The van der Waals surface area contributed by atoms with E-state index >= 15 is 0 Å². The molecule has 2 aromatic carbocycles. The Labute approximate surface area is 166 Å². The first-order valence-corrected chi connectivity index (χ1v) is 10.5. The Balaban J connectivity index is 0.00000261. The standard InChI is InChI=1S/C20H24N2O3S.ClH/c1-13-7-8-18(14(2)9-13)19(22-20(23)16-11-21-12-16)15-5-4-6-17(10-15)26(3,24)25;/h4-10,16,19,21H,11-12H2,1-3H3,(H,22,23);1H. The van der Waals surface area contributed by atoms with Gasteiger partial charge in [0.2, 0.25) is 5.91 Å². The van der Waals surface area contributed by atoms with Crippen LogP contribution in [0.2, 0.25) is 0 Å². The lowest BCUT2D eigenvalue weighted by Gasteiger charge is -2.29. The molecule has 0 bridgehead atoms. The molecule has 1 fully saturated rings. The number of rotatable bonds is 5. The average Bonchev–Trinajstić information content (AvgIpc) is 2.51. The summed E-state index contributed by atoms with van der Waals surface area (Å²) in [6, 6.07) is 12.5. The number of carbonyl (C=O) groups is 1. The maximum absolute atomic E-state index is 12.6. The fourth-order valence-electron chi connectivity index (χ4n) is 3.15. The van der Waals surface area contributed by atoms with Crippen molar-refractivity contribution in [1.29, 1.82) is 0 Å². The van der Waals surface area contributed by atoms with E-state index in [4.69, 9.17) is 0 Å². The third kappa shape index (κ3) is 4.89. The minimum Gasteiger partial charge on any atom is -0.345 e. The fourth-order valence-corrected chi connectivity index (χ4v) is 3.83. The van der Waals surface area contributed by atoms with E-state index in [2.05, 4.69) is 16.7 Å². The van der Waals surface area contributed by atoms with Crippen LogP contribution in [0.25, 0.3) is 0 Å². The molecule has 1 amide bonds. The van der Waals surface area contributed by atoms with Gasteiger partial charge in [-0.3, -0.25) is 4.79 Å². The SMILES string of the molecule is Cc1ccc(C(NC(=O)C2CNC2)c2cccc(S(C)(=O)=O)c2)c(C)c1.Cl. The molecule has 0 aliphatic carbocycles. The summed E-state index contributed by atoms with van der Waals surface area (Å²) < 4.78 is 23.9. The van der Waals surface area contributed by atoms with Gasteiger partial charge in [-0.25, -0.2) is 8.42 Å². The molecule has 2 aromatic rings. The van der Waals surface area contributed by atoms with Crippen LogP contribution in [0.1, 0.15) is 28.3 Å². The summed E-state index contributed by atoms with van der Waals surface area (Å²) in [4.78, 5) is 12.8. The number of carbonyl (C=O) groups excluding carboxylic acids is 1. The van der Waals surface area contributed by atoms with Gasteiger partial charge in [0.1, 0.15) is 0 Å². The third-order valence-corrected chi connectivity index (χ3v) is 5.90. The van der Waals surface area contributed by atoms with Crippen molar-refractivity contribution in [2.45, 2.75) is 24.8 Å². The van der Waals surface area contributed by atoms with E-state index in [-0.39, 0.29) is 35.2 Å². The zero-order valence-corrected chi connectivity index (χ0v) is 17.3. The van der Waals surface area contributed by atoms with Gasteiger partial charge in [0.25, 0.3) is 0 Å². The van der Waals surface area contributed by atoms with Gasteiger partial charge < -0.3 is 10.6 Å². The molecule has 1 heterocycles. The summed E-state index contributed by atoms with van der Waals surface area (Å²) >= 11 is 0. The second kappa shape index (κ2) is 8.42. The van der Waals surface area contributed by atoms with Gasteiger partial charge >= 0.3 is 0 Å². The Bertz CT molecular complexity index is 940. The molecule has 1 atom stereocenters. The highest BCUT2D eigenvalue weighted by Gasteiger charge is 2.28. The zero-order chi connectivity index (χ0) is 18.9. The van der Waals surface area contributed by atoms with E-state index in [0.717, 1.165) is 22.3 Å². The Kier molecular flexibility index (Phi) is 6.68. The lowest BCUT2D eigenvalue weighted by Crippen LogP contribution is -2.51. The van der Waals surface area contributed by atoms with Crippen LogP contribution in [0, 0.1) is 19.8 Å². The third-order valence-electron chi connectivity index (χ3n) is 4.79. The van der Waals surface area contributed by atoms with Crippen molar-refractivity contribution < 1.29 is 13.2 Å². The van der Waals surface area contributed by atoms with Crippen molar-refractivity contribution in [3.63, 3.8) is 0 Å². The average molecular weight is 409 g/mol. The van der Waals surface area contributed by atoms with Gasteiger partial charge in [-0.1, -0.05) is 35.9 Å². The topological polar surface area (TPSA) is 75.3 Å². The van der Waals surface area contributed by atoms with E-state index in [1.165, 1.54) is 6.26 Å². The molecule has 3 rings (SSSR count). The van der Waals surface area contributed by atoms with Crippen molar-refractivity contribution in [2.24, 2.45) is 5.92 Å². The monoisotopic (exact) mass is 408 g/mol. The largest absolute Gasteiger partial charge is 0.345 e. The first kappa shape index (κ1) is 21.4. The summed E-state index contributed by atoms with van der Waals surface area (Å²) in [6.07, 6.45) is 1.19. The van der Waals surface area contributed by atoms with Gasteiger partial charge in [0, 0.05) is 19.3 Å². The second-order valence-corrected chi connectivity index (χ2v) is 9.02. The maximum Gasteiger partial charge on any atom is 0.226 e. The van der Waals surface area contributed by atoms with Crippen molar-refractivity contribution in [2.75, 3.05) is 19.3 Å². The normalized spacial score (nSPS) is 15.4. The van der Waals surface area contributed by atoms with Crippen molar-refractivity contribution >= 4 is 28.2 Å². The van der Waals surface area contributed by atoms with Gasteiger partial charge in [0.05, 0.1) is 16.9 Å². The number of hydrogen-bond donors (Lipinski definition) is 2. The second-order valence-electron chi connectivity index (χ2n) is 7.00. The first-order valence-electron chi connectivity index (χ1n) is 8.64. The molecule has 2 N–H and O–H groups in total. The van der Waals surface area contributed by atoms with Gasteiger partial charge in [0.15, 0.2) is 9.84 Å². The molecular weight excluding hydrogens is 384 g/mol. The van der Waals surface area contributed by atoms with Crippen molar-refractivity contribution in [1.82, 2.24) is 10.6 Å². The number of halogens is 1. The molecule has 0 radical (unpaired) electrons. The molecule has 7 heteroatoms. The van der Waals surface area contributed by atoms with E-state index in [1.807, 2.05) is 32.0 Å². The highest BCUT2D eigenvalue weighted by Crippen LogP contribution is 2.28. The molecule has 1 aliphatic rings. The molecule has 5 nitrogen and oxygen atoms in total. The minimum absolute atomic E-state index is 0. The Morgan fingerprint density at radius 2 is 1.85 bits per heavy atom. The Hall–Kier alpha value is -1.89. The molecule has 1 saturated heterocycles. The van der Waals surface area contributed by atoms with Crippen LogP contribution >= 0.6 is 12.4 Å². The Morgan fingerprint density at radius 1 is 1.15 bits per heavy atom. The lowest BCUT2D eigenvalue weighted by molar-refractivity contribution is -0.126. The highest BCUT2D eigenvalue weighted by atomic mass is 35.5. The van der Waals surface area contributed by atoms with Crippen LogP contribution in [0.5, 0.6) is 0 Å². The van der Waals surface area contributed by atoms with Crippen LogP contribution in [0.15, 0.2) is 47.4 Å². The van der Waals surface area contributed by atoms with Crippen molar-refractivity contribution in [3.8, 4) is 0 Å². The summed E-state index contributed by atoms with van der Waals surface area (Å²) in [5, 5.41) is 6.22. The van der Waals surface area contributed by atoms with E-state index < -0.39 is 9.84 Å². The van der Waals surface area contributed by atoms with Crippen LogP contribution in [0.4, 0.5) is 0 Å². The first-order chi connectivity index (χ1) is 12.3. The van der Waals surface area contributed by atoms with Crippen LogP contribution in [-0.4, -0.2) is 33.7 Å². The maximum atomic E-state index is 12.6. The highest BCUT2D eigenvalue weighted by molar-refractivity contribution is 7.90. The number of aryl methyl sites for hydroxylation is 2. The Morgan fingerprint density at radius 3 is 2.41 bits per heavy atom. The van der Waals surface area contributed by atoms with Crippen LogP contribution in [0.3, 0.4) is 0 Å². The predicted octanol–water partition coefficient (Wildman–Crippen LogP) is 2.55. The fraction of sp³-hybridized carbons (Fsp3) is 0.350. The molecular formula is C20H25ClN2O3S. The quantitative estimate of drug-likeness (QED) is 0.797. The number of amides is 1. The molecule has 0 saturated carbocycles.